The van der Waals surface area contributed by atoms with E-state index in [4.69, 9.17) is 0 Å². The van der Waals surface area contributed by atoms with Gasteiger partial charge in [-0.05, 0) is 18.5 Å². The normalized spacial score (nSPS) is 11.1. The lowest BCUT2D eigenvalue weighted by Gasteiger charge is -2.10. The molecule has 14 heavy (non-hydrogen) atoms. The molecule has 86 valence electrons. The Morgan fingerprint density at radius 2 is 1.14 bits per heavy atom. The lowest BCUT2D eigenvalue weighted by Crippen LogP contribution is -1.97. The van der Waals surface area contributed by atoms with E-state index in [9.17, 15) is 0 Å². The monoisotopic (exact) mass is 216 g/mol. The van der Waals surface area contributed by atoms with Crippen LogP contribution in [0.25, 0.3) is 0 Å². The SMILES string of the molecule is CCCCCCC(P)CCCCCC. The zero-order valence-corrected chi connectivity index (χ0v) is 11.4. The minimum atomic E-state index is 0.892. The summed E-state index contributed by atoms with van der Waals surface area (Å²) in [6, 6.07) is 0. The minimum absolute atomic E-state index is 0.892. The highest BCUT2D eigenvalue weighted by Crippen LogP contribution is 2.18. The van der Waals surface area contributed by atoms with E-state index < -0.39 is 0 Å². The Hall–Kier alpha value is 0.430. The molecule has 0 saturated heterocycles. The van der Waals surface area contributed by atoms with Crippen molar-refractivity contribution in [3.63, 3.8) is 0 Å². The van der Waals surface area contributed by atoms with Crippen LogP contribution in [0.4, 0.5) is 0 Å². The second kappa shape index (κ2) is 11.5. The van der Waals surface area contributed by atoms with Crippen molar-refractivity contribution in [1.82, 2.24) is 0 Å². The van der Waals surface area contributed by atoms with Gasteiger partial charge in [0, 0.05) is 0 Å². The van der Waals surface area contributed by atoms with E-state index in [1.165, 1.54) is 64.2 Å². The van der Waals surface area contributed by atoms with E-state index in [-0.39, 0.29) is 0 Å². The molecule has 1 atom stereocenters. The van der Waals surface area contributed by atoms with Crippen LogP contribution in [0.3, 0.4) is 0 Å². The minimum Gasteiger partial charge on any atom is -0.134 e. The standard InChI is InChI=1S/C13H29P/c1-3-5-7-9-11-13(14)12-10-8-6-4-2/h13H,3-12,14H2,1-2H3. The Kier molecular flexibility index (Phi) is 11.9. The zero-order valence-electron chi connectivity index (χ0n) is 10.2. The molecule has 1 unspecified atom stereocenters. The fraction of sp³-hybridized carbons (Fsp3) is 1.00. The van der Waals surface area contributed by atoms with Crippen LogP contribution in [0.2, 0.25) is 0 Å². The fourth-order valence-corrected chi connectivity index (χ4v) is 2.28. The molecule has 0 aromatic carbocycles. The third-order valence-electron chi connectivity index (χ3n) is 2.86. The average Bonchev–Trinajstić information content (AvgIpc) is 2.19. The first kappa shape index (κ1) is 14.4. The third-order valence-corrected chi connectivity index (χ3v) is 3.52. The lowest BCUT2D eigenvalue weighted by atomic mass is 10.1. The topological polar surface area (TPSA) is 0 Å². The average molecular weight is 216 g/mol. The van der Waals surface area contributed by atoms with Gasteiger partial charge in [0.2, 0.25) is 0 Å². The number of hydrogen-bond donors (Lipinski definition) is 0. The summed E-state index contributed by atoms with van der Waals surface area (Å²) in [7, 11) is 3.03. The Morgan fingerprint density at radius 3 is 1.50 bits per heavy atom. The Balaban J connectivity index is 3.07. The van der Waals surface area contributed by atoms with Gasteiger partial charge in [-0.15, -0.1) is 9.24 Å². The van der Waals surface area contributed by atoms with Gasteiger partial charge in [-0.25, -0.2) is 0 Å². The van der Waals surface area contributed by atoms with Crippen molar-refractivity contribution < 1.29 is 0 Å². The summed E-state index contributed by atoms with van der Waals surface area (Å²) >= 11 is 0. The summed E-state index contributed by atoms with van der Waals surface area (Å²) < 4.78 is 0. The summed E-state index contributed by atoms with van der Waals surface area (Å²) in [6.07, 6.45) is 14.2. The molecular formula is C13H29P. The maximum absolute atomic E-state index is 3.03. The van der Waals surface area contributed by atoms with E-state index >= 15 is 0 Å². The van der Waals surface area contributed by atoms with Crippen molar-refractivity contribution in [3.05, 3.63) is 0 Å². The van der Waals surface area contributed by atoms with Gasteiger partial charge in [-0.2, -0.15) is 0 Å². The van der Waals surface area contributed by atoms with Crippen LogP contribution in [0, 0.1) is 0 Å². The Bertz CT molecular complexity index is 89.4. The van der Waals surface area contributed by atoms with Crippen molar-refractivity contribution in [2.24, 2.45) is 0 Å². The van der Waals surface area contributed by atoms with Crippen molar-refractivity contribution in [2.45, 2.75) is 83.7 Å². The van der Waals surface area contributed by atoms with Crippen LogP contribution in [0.5, 0.6) is 0 Å². The van der Waals surface area contributed by atoms with E-state index in [1.807, 2.05) is 0 Å². The molecule has 0 aliphatic heterocycles. The number of hydrogen-bond acceptors (Lipinski definition) is 0. The number of unbranched alkanes of at least 4 members (excludes halogenated alkanes) is 6. The Morgan fingerprint density at radius 1 is 0.714 bits per heavy atom. The van der Waals surface area contributed by atoms with Crippen LogP contribution in [0.15, 0.2) is 0 Å². The molecule has 0 bridgehead atoms. The van der Waals surface area contributed by atoms with E-state index in [0.717, 1.165) is 5.66 Å². The van der Waals surface area contributed by atoms with Gasteiger partial charge < -0.3 is 0 Å². The number of rotatable bonds is 10. The predicted octanol–water partition coefficient (Wildman–Crippen LogP) is 5.17. The molecule has 0 nitrogen and oxygen atoms in total. The van der Waals surface area contributed by atoms with Crippen LogP contribution >= 0.6 is 9.24 Å². The van der Waals surface area contributed by atoms with Crippen LogP contribution in [-0.4, -0.2) is 5.66 Å². The molecule has 0 aliphatic rings. The van der Waals surface area contributed by atoms with Crippen molar-refractivity contribution in [3.8, 4) is 0 Å². The molecule has 0 aliphatic carbocycles. The van der Waals surface area contributed by atoms with Gasteiger partial charge in [0.05, 0.1) is 0 Å². The van der Waals surface area contributed by atoms with E-state index in [2.05, 4.69) is 23.1 Å². The van der Waals surface area contributed by atoms with Crippen LogP contribution < -0.4 is 0 Å². The largest absolute Gasteiger partial charge is 0.134 e. The van der Waals surface area contributed by atoms with Crippen molar-refractivity contribution >= 4 is 9.24 Å². The summed E-state index contributed by atoms with van der Waals surface area (Å²) in [5.74, 6) is 0. The van der Waals surface area contributed by atoms with Crippen molar-refractivity contribution in [1.29, 1.82) is 0 Å². The molecule has 0 fully saturated rings. The van der Waals surface area contributed by atoms with Gasteiger partial charge in [0.1, 0.15) is 0 Å². The molecule has 1 heteroatoms. The molecule has 0 radical (unpaired) electrons. The third kappa shape index (κ3) is 10.5. The van der Waals surface area contributed by atoms with Gasteiger partial charge in [-0.1, -0.05) is 65.2 Å². The summed E-state index contributed by atoms with van der Waals surface area (Å²) in [4.78, 5) is 0. The molecular weight excluding hydrogens is 187 g/mol. The maximum Gasteiger partial charge on any atom is -0.0264 e. The molecule has 0 spiro atoms. The molecule has 0 aromatic rings. The highest BCUT2D eigenvalue weighted by molar-refractivity contribution is 7.17. The highest BCUT2D eigenvalue weighted by Gasteiger charge is 2.01. The maximum atomic E-state index is 3.03. The smallest absolute Gasteiger partial charge is 0.0264 e. The van der Waals surface area contributed by atoms with Crippen molar-refractivity contribution in [2.75, 3.05) is 0 Å². The summed E-state index contributed by atoms with van der Waals surface area (Å²) in [5, 5.41) is 0. The first-order valence-corrected chi connectivity index (χ1v) is 7.23. The van der Waals surface area contributed by atoms with E-state index in [0.29, 0.717) is 0 Å². The molecule has 0 rings (SSSR count). The van der Waals surface area contributed by atoms with Gasteiger partial charge in [0.15, 0.2) is 0 Å². The van der Waals surface area contributed by atoms with Crippen LogP contribution in [-0.2, 0) is 0 Å². The molecule has 0 heterocycles. The van der Waals surface area contributed by atoms with E-state index in [1.54, 1.807) is 0 Å². The van der Waals surface area contributed by atoms with Gasteiger partial charge >= 0.3 is 0 Å². The second-order valence-corrected chi connectivity index (χ2v) is 5.40. The van der Waals surface area contributed by atoms with Gasteiger partial charge in [-0.3, -0.25) is 0 Å². The Labute approximate surface area is 93.4 Å². The lowest BCUT2D eigenvalue weighted by molar-refractivity contribution is 0.564. The first-order chi connectivity index (χ1) is 6.81. The van der Waals surface area contributed by atoms with Gasteiger partial charge in [0.25, 0.3) is 0 Å². The summed E-state index contributed by atoms with van der Waals surface area (Å²) in [6.45, 7) is 4.56. The second-order valence-electron chi connectivity index (χ2n) is 4.46. The molecule has 0 N–H and O–H groups in total. The summed E-state index contributed by atoms with van der Waals surface area (Å²) in [5.41, 5.74) is 0.892. The highest BCUT2D eigenvalue weighted by atomic mass is 31.0. The van der Waals surface area contributed by atoms with Crippen LogP contribution in [0.1, 0.15) is 78.1 Å². The molecule has 0 saturated carbocycles. The first-order valence-electron chi connectivity index (χ1n) is 6.56. The molecule has 0 amide bonds. The predicted molar refractivity (Wildman–Crippen MR) is 71.0 cm³/mol. The quantitative estimate of drug-likeness (QED) is 0.349. The zero-order chi connectivity index (χ0) is 10.6. The molecule has 0 aromatic heterocycles. The fourth-order valence-electron chi connectivity index (χ4n) is 1.81.